The summed E-state index contributed by atoms with van der Waals surface area (Å²) in [6, 6.07) is 5.92. The number of piperidine rings is 1. The van der Waals surface area contributed by atoms with Crippen molar-refractivity contribution >= 4 is 5.82 Å². The number of pyridine rings is 1. The number of rotatable bonds is 4. The van der Waals surface area contributed by atoms with E-state index in [0.717, 1.165) is 56.5 Å². The highest BCUT2D eigenvalue weighted by atomic mass is 15.2. The van der Waals surface area contributed by atoms with Gasteiger partial charge in [0, 0.05) is 50.9 Å². The molecule has 130 valence electrons. The molecule has 1 saturated heterocycles. The predicted molar refractivity (Wildman–Crippen MR) is 101 cm³/mol. The minimum Gasteiger partial charge on any atom is -0.356 e. The normalized spacial score (nSPS) is 18.0. The molecule has 2 aliphatic heterocycles. The first-order valence-corrected chi connectivity index (χ1v) is 9.24. The van der Waals surface area contributed by atoms with Crippen LogP contribution in [0.3, 0.4) is 0 Å². The van der Waals surface area contributed by atoms with Crippen molar-refractivity contribution in [2.75, 3.05) is 31.1 Å². The largest absolute Gasteiger partial charge is 0.356 e. The second kappa shape index (κ2) is 7.31. The van der Waals surface area contributed by atoms with Gasteiger partial charge in [0.1, 0.15) is 11.5 Å². The average Bonchev–Trinajstić information content (AvgIpc) is 2.69. The SMILES string of the molecule is C=CCN1CCc2nc(-c3ccccn3)nc(N3CCCCC3)c2C1. The topological polar surface area (TPSA) is 45.2 Å². The highest BCUT2D eigenvalue weighted by Gasteiger charge is 2.26. The van der Waals surface area contributed by atoms with Gasteiger partial charge in [-0.2, -0.15) is 0 Å². The second-order valence-corrected chi connectivity index (χ2v) is 6.83. The van der Waals surface area contributed by atoms with Gasteiger partial charge < -0.3 is 4.90 Å². The third kappa shape index (κ3) is 3.42. The molecule has 1 fully saturated rings. The van der Waals surface area contributed by atoms with Crippen LogP contribution in [0.1, 0.15) is 30.5 Å². The van der Waals surface area contributed by atoms with Gasteiger partial charge in [-0.25, -0.2) is 9.97 Å². The van der Waals surface area contributed by atoms with Crippen molar-refractivity contribution in [3.8, 4) is 11.5 Å². The Hall–Kier alpha value is -2.27. The minimum absolute atomic E-state index is 0.761. The van der Waals surface area contributed by atoms with Crippen molar-refractivity contribution in [3.63, 3.8) is 0 Å². The second-order valence-electron chi connectivity index (χ2n) is 6.83. The highest BCUT2D eigenvalue weighted by molar-refractivity contribution is 5.58. The number of fused-ring (bicyclic) bond motifs is 1. The molecule has 4 rings (SSSR count). The smallest absolute Gasteiger partial charge is 0.180 e. The first-order chi connectivity index (χ1) is 12.3. The van der Waals surface area contributed by atoms with Crippen molar-refractivity contribution in [2.45, 2.75) is 32.2 Å². The predicted octanol–water partition coefficient (Wildman–Crippen LogP) is 3.07. The Labute approximate surface area is 149 Å². The molecule has 0 saturated carbocycles. The molecule has 0 radical (unpaired) electrons. The first-order valence-electron chi connectivity index (χ1n) is 9.24. The van der Waals surface area contributed by atoms with Crippen molar-refractivity contribution in [3.05, 3.63) is 48.3 Å². The minimum atomic E-state index is 0.761. The molecule has 5 nitrogen and oxygen atoms in total. The van der Waals surface area contributed by atoms with Gasteiger partial charge in [0.25, 0.3) is 0 Å². The van der Waals surface area contributed by atoms with Gasteiger partial charge in [-0.15, -0.1) is 6.58 Å². The lowest BCUT2D eigenvalue weighted by molar-refractivity contribution is 0.279. The van der Waals surface area contributed by atoms with Crippen LogP contribution in [0, 0.1) is 0 Å². The fourth-order valence-corrected chi connectivity index (χ4v) is 3.77. The molecule has 0 aromatic carbocycles. The molecule has 0 unspecified atom stereocenters. The molecular weight excluding hydrogens is 310 g/mol. The lowest BCUT2D eigenvalue weighted by atomic mass is 10.0. The molecule has 0 bridgehead atoms. The average molecular weight is 335 g/mol. The van der Waals surface area contributed by atoms with Gasteiger partial charge in [-0.3, -0.25) is 9.88 Å². The molecule has 25 heavy (non-hydrogen) atoms. The molecule has 0 amide bonds. The Kier molecular flexibility index (Phi) is 4.74. The molecule has 0 N–H and O–H groups in total. The Morgan fingerprint density at radius 3 is 2.72 bits per heavy atom. The zero-order valence-electron chi connectivity index (χ0n) is 14.7. The van der Waals surface area contributed by atoms with Crippen molar-refractivity contribution in [1.82, 2.24) is 19.9 Å². The maximum absolute atomic E-state index is 4.97. The van der Waals surface area contributed by atoms with E-state index in [1.54, 1.807) is 0 Å². The summed E-state index contributed by atoms with van der Waals surface area (Å²) in [6.45, 7) is 8.92. The third-order valence-corrected chi connectivity index (χ3v) is 5.05. The summed E-state index contributed by atoms with van der Waals surface area (Å²) in [5.74, 6) is 1.89. The van der Waals surface area contributed by atoms with E-state index in [2.05, 4.69) is 21.4 Å². The van der Waals surface area contributed by atoms with Crippen molar-refractivity contribution in [1.29, 1.82) is 0 Å². The van der Waals surface area contributed by atoms with Gasteiger partial charge in [-0.05, 0) is 31.4 Å². The number of hydrogen-bond acceptors (Lipinski definition) is 5. The molecule has 0 spiro atoms. The van der Waals surface area contributed by atoms with Crippen LogP contribution in [-0.2, 0) is 13.0 Å². The van der Waals surface area contributed by atoms with Gasteiger partial charge in [0.05, 0.1) is 5.69 Å². The monoisotopic (exact) mass is 335 g/mol. The van der Waals surface area contributed by atoms with E-state index in [1.807, 2.05) is 30.5 Å². The van der Waals surface area contributed by atoms with Crippen molar-refractivity contribution < 1.29 is 0 Å². The standard InChI is InChI=1S/C20H25N5/c1-2-11-24-14-9-17-16(15-24)20(25-12-6-3-7-13-25)23-19(22-17)18-8-4-5-10-21-18/h2,4-5,8,10H,1,3,6-7,9,11-15H2. The van der Waals surface area contributed by atoms with E-state index in [1.165, 1.54) is 30.5 Å². The van der Waals surface area contributed by atoms with Crippen LogP contribution in [0.5, 0.6) is 0 Å². The zero-order valence-corrected chi connectivity index (χ0v) is 14.7. The van der Waals surface area contributed by atoms with Crippen LogP contribution in [0.2, 0.25) is 0 Å². The summed E-state index contributed by atoms with van der Waals surface area (Å²) in [5.41, 5.74) is 3.35. The summed E-state index contributed by atoms with van der Waals surface area (Å²) in [7, 11) is 0. The number of nitrogens with zero attached hydrogens (tertiary/aromatic N) is 5. The van der Waals surface area contributed by atoms with E-state index in [0.29, 0.717) is 0 Å². The van der Waals surface area contributed by atoms with Gasteiger partial charge >= 0.3 is 0 Å². The van der Waals surface area contributed by atoms with E-state index in [9.17, 15) is 0 Å². The molecular formula is C20H25N5. The molecule has 4 heterocycles. The van der Waals surface area contributed by atoms with Crippen LogP contribution in [0.25, 0.3) is 11.5 Å². The van der Waals surface area contributed by atoms with Gasteiger partial charge in [0.15, 0.2) is 5.82 Å². The van der Waals surface area contributed by atoms with Crippen molar-refractivity contribution in [2.24, 2.45) is 0 Å². The number of anilines is 1. The van der Waals surface area contributed by atoms with Crippen LogP contribution >= 0.6 is 0 Å². The maximum Gasteiger partial charge on any atom is 0.180 e. The number of hydrogen-bond donors (Lipinski definition) is 0. The quantitative estimate of drug-likeness (QED) is 0.804. The molecule has 2 aromatic rings. The van der Waals surface area contributed by atoms with Crippen LogP contribution in [-0.4, -0.2) is 46.0 Å². The fourth-order valence-electron chi connectivity index (χ4n) is 3.77. The van der Waals surface area contributed by atoms with Gasteiger partial charge in [-0.1, -0.05) is 12.1 Å². The maximum atomic E-state index is 4.97. The highest BCUT2D eigenvalue weighted by Crippen LogP contribution is 2.30. The fraction of sp³-hybridized carbons (Fsp3) is 0.450. The van der Waals surface area contributed by atoms with Gasteiger partial charge in [0.2, 0.25) is 0 Å². The molecule has 0 atom stereocenters. The lowest BCUT2D eigenvalue weighted by Gasteiger charge is -2.34. The summed E-state index contributed by atoms with van der Waals surface area (Å²) < 4.78 is 0. The Bertz CT molecular complexity index is 737. The summed E-state index contributed by atoms with van der Waals surface area (Å²) >= 11 is 0. The van der Waals surface area contributed by atoms with E-state index >= 15 is 0 Å². The first kappa shape index (κ1) is 16.2. The van der Waals surface area contributed by atoms with Crippen LogP contribution < -0.4 is 4.90 Å². The summed E-state index contributed by atoms with van der Waals surface area (Å²) in [6.07, 6.45) is 8.56. The van der Waals surface area contributed by atoms with E-state index in [-0.39, 0.29) is 0 Å². The van der Waals surface area contributed by atoms with Crippen LogP contribution in [0.4, 0.5) is 5.82 Å². The Morgan fingerprint density at radius 1 is 1.08 bits per heavy atom. The Balaban J connectivity index is 1.76. The molecule has 2 aliphatic rings. The molecule has 2 aromatic heterocycles. The molecule has 0 aliphatic carbocycles. The van der Waals surface area contributed by atoms with E-state index < -0.39 is 0 Å². The zero-order chi connectivity index (χ0) is 17.1. The third-order valence-electron chi connectivity index (χ3n) is 5.05. The van der Waals surface area contributed by atoms with Crippen LogP contribution in [0.15, 0.2) is 37.1 Å². The van der Waals surface area contributed by atoms with E-state index in [4.69, 9.17) is 9.97 Å². The number of aromatic nitrogens is 3. The summed E-state index contributed by atoms with van der Waals surface area (Å²) in [5, 5.41) is 0. The Morgan fingerprint density at radius 2 is 1.96 bits per heavy atom. The summed E-state index contributed by atoms with van der Waals surface area (Å²) in [4.78, 5) is 19.2. The lowest BCUT2D eigenvalue weighted by Crippen LogP contribution is -2.36. The molecule has 5 heteroatoms.